The van der Waals surface area contributed by atoms with Gasteiger partial charge in [-0.2, -0.15) is 4.31 Å². The average molecular weight is 378 g/mol. The highest BCUT2D eigenvalue weighted by Crippen LogP contribution is 2.31. The predicted octanol–water partition coefficient (Wildman–Crippen LogP) is 2.09. The molecule has 8 heteroatoms. The Hall–Kier alpha value is -1.12. The van der Waals surface area contributed by atoms with Crippen molar-refractivity contribution in [3.05, 3.63) is 22.7 Å². The Labute approximate surface area is 131 Å². The number of ether oxygens (including phenoxy) is 1. The van der Waals surface area contributed by atoms with E-state index in [1.165, 1.54) is 12.1 Å². The first-order valence-electron chi connectivity index (χ1n) is 6.55. The number of carboxylic acids is 1. The third-order valence-electron chi connectivity index (χ3n) is 3.30. The van der Waals surface area contributed by atoms with Gasteiger partial charge in [-0.1, -0.05) is 0 Å². The summed E-state index contributed by atoms with van der Waals surface area (Å²) in [4.78, 5) is 11.2. The first kappa shape index (κ1) is 16.3. The van der Waals surface area contributed by atoms with E-state index >= 15 is 0 Å². The van der Waals surface area contributed by atoms with E-state index in [4.69, 9.17) is 9.84 Å². The van der Waals surface area contributed by atoms with E-state index in [1.54, 1.807) is 6.07 Å². The van der Waals surface area contributed by atoms with Crippen molar-refractivity contribution in [2.45, 2.75) is 30.7 Å². The van der Waals surface area contributed by atoms with Crippen LogP contribution in [0.4, 0.5) is 0 Å². The Morgan fingerprint density at radius 3 is 2.81 bits per heavy atom. The van der Waals surface area contributed by atoms with Gasteiger partial charge in [-0.15, -0.1) is 0 Å². The number of carboxylic acid groups (broad SMARTS) is 1. The minimum atomic E-state index is -3.82. The monoisotopic (exact) mass is 377 g/mol. The number of carbonyl (C=O) groups is 1. The lowest BCUT2D eigenvalue weighted by atomic mass is 10.2. The van der Waals surface area contributed by atoms with Crippen molar-refractivity contribution in [2.24, 2.45) is 0 Å². The summed E-state index contributed by atoms with van der Waals surface area (Å²) in [6, 6.07) is 3.45. The third-order valence-corrected chi connectivity index (χ3v) is 5.82. The molecular weight excluding hydrogens is 362 g/mol. The quantitative estimate of drug-likeness (QED) is 0.848. The zero-order chi connectivity index (χ0) is 15.6. The number of sulfonamides is 1. The molecule has 116 valence electrons. The molecule has 0 radical (unpaired) electrons. The van der Waals surface area contributed by atoms with Gasteiger partial charge >= 0.3 is 5.97 Å². The molecule has 1 saturated heterocycles. The van der Waals surface area contributed by atoms with Gasteiger partial charge in [-0.25, -0.2) is 8.42 Å². The second-order valence-corrected chi connectivity index (χ2v) is 7.38. The number of aliphatic carboxylic acids is 1. The number of hydrogen-bond donors (Lipinski definition) is 1. The molecule has 6 nitrogen and oxygen atoms in total. The lowest BCUT2D eigenvalue weighted by molar-refractivity contribution is -0.140. The summed E-state index contributed by atoms with van der Waals surface area (Å²) < 4.78 is 32.1. The highest BCUT2D eigenvalue weighted by molar-refractivity contribution is 9.10. The Kier molecular flexibility index (Phi) is 4.90. The highest BCUT2D eigenvalue weighted by Gasteiger charge is 2.39. The molecule has 1 aliphatic rings. The van der Waals surface area contributed by atoms with E-state index in [0.717, 1.165) is 4.31 Å². The number of hydrogen-bond acceptors (Lipinski definition) is 4. The fraction of sp³-hybridized carbons (Fsp3) is 0.462. The Morgan fingerprint density at radius 2 is 2.24 bits per heavy atom. The fourth-order valence-corrected chi connectivity index (χ4v) is 4.65. The largest absolute Gasteiger partial charge is 0.493 e. The van der Waals surface area contributed by atoms with Crippen LogP contribution in [0.3, 0.4) is 0 Å². The normalized spacial score (nSPS) is 19.6. The number of rotatable bonds is 5. The molecule has 0 saturated carbocycles. The van der Waals surface area contributed by atoms with Gasteiger partial charge < -0.3 is 9.84 Å². The van der Waals surface area contributed by atoms with Crippen LogP contribution >= 0.6 is 15.9 Å². The van der Waals surface area contributed by atoms with Gasteiger partial charge in [0.25, 0.3) is 0 Å². The second kappa shape index (κ2) is 6.33. The molecule has 0 aliphatic carbocycles. The van der Waals surface area contributed by atoms with Gasteiger partial charge in [-0.05, 0) is 53.9 Å². The van der Waals surface area contributed by atoms with Crippen molar-refractivity contribution in [1.82, 2.24) is 4.31 Å². The SMILES string of the molecule is CCOc1ccc(S(=O)(=O)N2CCC[C@@H]2C(=O)O)cc1Br. The maximum atomic E-state index is 12.6. The molecule has 1 N–H and O–H groups in total. The Balaban J connectivity index is 2.35. The van der Waals surface area contributed by atoms with Crippen LogP contribution in [0, 0.1) is 0 Å². The molecule has 1 aliphatic heterocycles. The smallest absolute Gasteiger partial charge is 0.322 e. The van der Waals surface area contributed by atoms with Crippen LogP contribution in [-0.4, -0.2) is 43.0 Å². The molecule has 21 heavy (non-hydrogen) atoms. The van der Waals surface area contributed by atoms with Gasteiger partial charge in [0.2, 0.25) is 10.0 Å². The molecular formula is C13H16BrNO5S. The molecule has 0 unspecified atom stereocenters. The number of nitrogens with zero attached hydrogens (tertiary/aromatic N) is 1. The first-order chi connectivity index (χ1) is 9.87. The maximum absolute atomic E-state index is 12.6. The standard InChI is InChI=1S/C13H16BrNO5S/c1-2-20-12-6-5-9(8-10(12)14)21(18,19)15-7-3-4-11(15)13(16)17/h5-6,8,11H,2-4,7H2,1H3,(H,16,17)/t11-/m1/s1. The van der Waals surface area contributed by atoms with Crippen LogP contribution in [0.5, 0.6) is 5.75 Å². The summed E-state index contributed by atoms with van der Waals surface area (Å²) in [5.74, 6) is -0.561. The van der Waals surface area contributed by atoms with E-state index in [-0.39, 0.29) is 11.4 Å². The van der Waals surface area contributed by atoms with Gasteiger partial charge in [-0.3, -0.25) is 4.79 Å². The summed E-state index contributed by atoms with van der Waals surface area (Å²) in [6.45, 7) is 2.53. The van der Waals surface area contributed by atoms with Crippen molar-refractivity contribution in [1.29, 1.82) is 0 Å². The minimum absolute atomic E-state index is 0.0611. The minimum Gasteiger partial charge on any atom is -0.493 e. The van der Waals surface area contributed by atoms with Crippen LogP contribution in [0.25, 0.3) is 0 Å². The van der Waals surface area contributed by atoms with Crippen LogP contribution < -0.4 is 4.74 Å². The Bertz CT molecular complexity index is 646. The molecule has 1 heterocycles. The zero-order valence-corrected chi connectivity index (χ0v) is 13.9. The molecule has 1 aromatic carbocycles. The van der Waals surface area contributed by atoms with Crippen molar-refractivity contribution in [2.75, 3.05) is 13.2 Å². The van der Waals surface area contributed by atoms with Crippen molar-refractivity contribution in [3.63, 3.8) is 0 Å². The maximum Gasteiger partial charge on any atom is 0.322 e. The van der Waals surface area contributed by atoms with Gasteiger partial charge in [0.05, 0.1) is 16.0 Å². The van der Waals surface area contributed by atoms with E-state index in [1.807, 2.05) is 6.92 Å². The van der Waals surface area contributed by atoms with Crippen LogP contribution in [0.15, 0.2) is 27.6 Å². The Morgan fingerprint density at radius 1 is 1.52 bits per heavy atom. The molecule has 0 bridgehead atoms. The number of halogens is 1. The van der Waals surface area contributed by atoms with E-state index in [2.05, 4.69) is 15.9 Å². The zero-order valence-electron chi connectivity index (χ0n) is 11.5. The number of benzene rings is 1. The van der Waals surface area contributed by atoms with Gasteiger partial charge in [0.1, 0.15) is 11.8 Å². The summed E-state index contributed by atoms with van der Waals surface area (Å²) in [7, 11) is -3.82. The first-order valence-corrected chi connectivity index (χ1v) is 8.78. The molecule has 1 fully saturated rings. The molecule has 0 aromatic heterocycles. The topological polar surface area (TPSA) is 83.9 Å². The highest BCUT2D eigenvalue weighted by atomic mass is 79.9. The van der Waals surface area contributed by atoms with E-state index in [0.29, 0.717) is 29.7 Å². The second-order valence-electron chi connectivity index (χ2n) is 4.64. The van der Waals surface area contributed by atoms with Crippen LogP contribution in [0.2, 0.25) is 0 Å². The van der Waals surface area contributed by atoms with Crippen molar-refractivity contribution in [3.8, 4) is 5.75 Å². The summed E-state index contributed by atoms with van der Waals surface area (Å²) in [5.41, 5.74) is 0. The lowest BCUT2D eigenvalue weighted by Gasteiger charge is -2.21. The summed E-state index contributed by atoms with van der Waals surface area (Å²) in [5, 5.41) is 9.13. The molecule has 0 amide bonds. The third kappa shape index (κ3) is 3.22. The van der Waals surface area contributed by atoms with Gasteiger partial charge in [0.15, 0.2) is 0 Å². The van der Waals surface area contributed by atoms with Gasteiger partial charge in [0, 0.05) is 6.54 Å². The fourth-order valence-electron chi connectivity index (χ4n) is 2.32. The van der Waals surface area contributed by atoms with E-state index < -0.39 is 22.0 Å². The predicted molar refractivity (Wildman–Crippen MR) is 79.9 cm³/mol. The van der Waals surface area contributed by atoms with Crippen molar-refractivity contribution >= 4 is 31.9 Å². The summed E-state index contributed by atoms with van der Waals surface area (Å²) in [6.07, 6.45) is 0.890. The molecule has 1 atom stereocenters. The summed E-state index contributed by atoms with van der Waals surface area (Å²) >= 11 is 3.27. The van der Waals surface area contributed by atoms with Crippen LogP contribution in [-0.2, 0) is 14.8 Å². The lowest BCUT2D eigenvalue weighted by Crippen LogP contribution is -2.40. The molecule has 1 aromatic rings. The van der Waals surface area contributed by atoms with Crippen LogP contribution in [0.1, 0.15) is 19.8 Å². The molecule has 0 spiro atoms. The molecule has 2 rings (SSSR count). The van der Waals surface area contributed by atoms with Crippen molar-refractivity contribution < 1.29 is 23.1 Å². The van der Waals surface area contributed by atoms with E-state index in [9.17, 15) is 13.2 Å². The average Bonchev–Trinajstić information content (AvgIpc) is 2.91.